The molecule has 37 heavy (non-hydrogen) atoms. The lowest BCUT2D eigenvalue weighted by Crippen LogP contribution is -2.29. The van der Waals surface area contributed by atoms with Crippen LogP contribution >= 0.6 is 15.9 Å². The van der Waals surface area contributed by atoms with Gasteiger partial charge in [-0.25, -0.2) is 13.5 Å². The molecule has 0 spiro atoms. The molecule has 0 atom stereocenters. The van der Waals surface area contributed by atoms with Crippen LogP contribution in [0.25, 0.3) is 10.9 Å². The van der Waals surface area contributed by atoms with Gasteiger partial charge in [0.1, 0.15) is 12.3 Å². The maximum Gasteiger partial charge on any atom is 0.263 e. The lowest BCUT2D eigenvalue weighted by molar-refractivity contribution is 0.0818. The monoisotopic (exact) mass is 588 g/mol. The first-order valence-electron chi connectivity index (χ1n) is 11.7. The molecule has 2 heterocycles. The maximum absolute atomic E-state index is 13.6. The highest BCUT2D eigenvalue weighted by Gasteiger charge is 2.18. The molecule has 0 aliphatic heterocycles. The van der Waals surface area contributed by atoms with E-state index in [9.17, 15) is 18.4 Å². The van der Waals surface area contributed by atoms with Gasteiger partial charge in [-0.1, -0.05) is 41.6 Å². The van der Waals surface area contributed by atoms with Gasteiger partial charge in [-0.3, -0.25) is 9.59 Å². The molecule has 2 aromatic heterocycles. The van der Waals surface area contributed by atoms with Gasteiger partial charge in [0, 0.05) is 30.7 Å². The summed E-state index contributed by atoms with van der Waals surface area (Å²) in [5.74, 6) is -2.30. The van der Waals surface area contributed by atoms with Crippen molar-refractivity contribution in [2.45, 2.75) is 39.0 Å². The second-order valence-corrected chi connectivity index (χ2v) is 16.5. The van der Waals surface area contributed by atoms with E-state index in [1.54, 1.807) is 10.7 Å². The minimum Gasteiger partial charge on any atom is -0.360 e. The Morgan fingerprint density at radius 1 is 1.11 bits per heavy atom. The summed E-state index contributed by atoms with van der Waals surface area (Å²) in [6.45, 7) is 7.67. The van der Waals surface area contributed by atoms with Crippen LogP contribution < -0.4 is 10.9 Å². The zero-order valence-corrected chi connectivity index (χ0v) is 23.3. The van der Waals surface area contributed by atoms with Gasteiger partial charge >= 0.3 is 0 Å². The zero-order chi connectivity index (χ0) is 26.7. The largest absolute Gasteiger partial charge is 0.360 e. The minimum absolute atomic E-state index is 0.0174. The van der Waals surface area contributed by atoms with Crippen LogP contribution in [0.2, 0.25) is 25.7 Å². The van der Waals surface area contributed by atoms with Gasteiger partial charge in [-0.2, -0.15) is 5.10 Å². The van der Waals surface area contributed by atoms with E-state index in [1.807, 2.05) is 18.2 Å². The molecule has 1 amide bonds. The molecule has 1 N–H and O–H groups in total. The van der Waals surface area contributed by atoms with Crippen LogP contribution in [0.3, 0.4) is 0 Å². The van der Waals surface area contributed by atoms with E-state index in [0.29, 0.717) is 23.4 Å². The Morgan fingerprint density at radius 2 is 1.89 bits per heavy atom. The molecule has 0 saturated heterocycles. The first-order chi connectivity index (χ1) is 17.5. The topological polar surface area (TPSA) is 78.2 Å². The number of hydrogen-bond acceptors (Lipinski definition) is 4. The summed E-state index contributed by atoms with van der Waals surface area (Å²) >= 11 is 3.45. The highest BCUT2D eigenvalue weighted by Crippen LogP contribution is 2.27. The predicted octanol–water partition coefficient (Wildman–Crippen LogP) is 5.85. The molecule has 7 nitrogen and oxygen atoms in total. The summed E-state index contributed by atoms with van der Waals surface area (Å²) < 4.78 is 36.4. The Morgan fingerprint density at radius 3 is 2.62 bits per heavy atom. The summed E-state index contributed by atoms with van der Waals surface area (Å²) in [6.07, 6.45) is 1.49. The van der Waals surface area contributed by atoms with Crippen LogP contribution in [0.15, 0.2) is 64.0 Å². The van der Waals surface area contributed by atoms with Gasteiger partial charge in [0.15, 0.2) is 17.5 Å². The Hall–Kier alpha value is -3.15. The van der Waals surface area contributed by atoms with Crippen molar-refractivity contribution >= 4 is 46.6 Å². The third-order valence-corrected chi connectivity index (χ3v) is 7.95. The number of hydrogen-bond donors (Lipinski definition) is 1. The molecule has 4 aromatic rings. The van der Waals surface area contributed by atoms with Gasteiger partial charge in [-0.15, -0.1) is 0 Å². The zero-order valence-electron chi connectivity index (χ0n) is 20.7. The van der Waals surface area contributed by atoms with Crippen molar-refractivity contribution in [2.24, 2.45) is 0 Å². The van der Waals surface area contributed by atoms with Crippen LogP contribution in [0.1, 0.15) is 15.9 Å². The Kier molecular flexibility index (Phi) is 8.05. The lowest BCUT2D eigenvalue weighted by Gasteiger charge is -2.15. The molecule has 0 aliphatic rings. The summed E-state index contributed by atoms with van der Waals surface area (Å²) in [7, 11) is -1.24. The number of halogens is 3. The number of carbonyl (C=O) groups excluding carboxylic acids is 1. The molecule has 194 valence electrons. The van der Waals surface area contributed by atoms with Crippen molar-refractivity contribution in [1.29, 1.82) is 0 Å². The number of carbonyl (C=O) groups is 1. The number of pyridine rings is 1. The first-order valence-corrected chi connectivity index (χ1v) is 16.2. The Labute approximate surface area is 222 Å². The molecule has 0 fully saturated rings. The number of benzene rings is 2. The normalized spacial score (nSPS) is 11.7. The Balaban J connectivity index is 1.56. The Bertz CT molecular complexity index is 1510. The van der Waals surface area contributed by atoms with Crippen LogP contribution in [0.5, 0.6) is 0 Å². The standard InChI is InChI=1S/C26H27BrF2N4O3Si/c1-37(2,3)12-11-36-16-33-23-9-7-18(27)14-20(23)24(31-33)30-25(34)19-5-4-10-32(26(19)35)15-17-6-8-21(28)22(29)13-17/h4-10,13-14H,11-12,15-16H2,1-3H3,(H,30,31,34). The second-order valence-electron chi connectivity index (χ2n) is 9.92. The molecule has 0 radical (unpaired) electrons. The number of anilines is 1. The number of nitrogens with zero attached hydrogens (tertiary/aromatic N) is 3. The van der Waals surface area contributed by atoms with E-state index < -0.39 is 31.2 Å². The molecular weight excluding hydrogens is 562 g/mol. The second kappa shape index (κ2) is 11.1. The van der Waals surface area contributed by atoms with E-state index in [2.05, 4.69) is 46.0 Å². The average Bonchev–Trinajstić information content (AvgIpc) is 3.16. The van der Waals surface area contributed by atoms with Crippen molar-refractivity contribution in [2.75, 3.05) is 11.9 Å². The van der Waals surface area contributed by atoms with Crippen molar-refractivity contribution in [3.05, 3.63) is 92.3 Å². The average molecular weight is 590 g/mol. The maximum atomic E-state index is 13.6. The molecule has 4 rings (SSSR count). The third kappa shape index (κ3) is 6.59. The summed E-state index contributed by atoms with van der Waals surface area (Å²) in [5, 5.41) is 7.97. The number of nitrogens with one attached hydrogen (secondary N) is 1. The van der Waals surface area contributed by atoms with Crippen molar-refractivity contribution in [3.8, 4) is 0 Å². The van der Waals surface area contributed by atoms with Crippen LogP contribution in [-0.4, -0.2) is 34.9 Å². The fraction of sp³-hybridized carbons (Fsp3) is 0.269. The van der Waals surface area contributed by atoms with Gasteiger partial charge in [0.25, 0.3) is 11.5 Å². The van der Waals surface area contributed by atoms with Crippen molar-refractivity contribution < 1.29 is 18.3 Å². The number of rotatable bonds is 9. The first kappa shape index (κ1) is 26.9. The number of fused-ring (bicyclic) bond motifs is 1. The van der Waals surface area contributed by atoms with E-state index in [4.69, 9.17) is 4.74 Å². The summed E-state index contributed by atoms with van der Waals surface area (Å²) in [4.78, 5) is 26.1. The lowest BCUT2D eigenvalue weighted by atomic mass is 10.2. The number of amides is 1. The smallest absolute Gasteiger partial charge is 0.263 e. The van der Waals surface area contributed by atoms with Gasteiger partial charge < -0.3 is 14.6 Å². The molecule has 0 bridgehead atoms. The predicted molar refractivity (Wildman–Crippen MR) is 146 cm³/mol. The molecular formula is C26H27BrF2N4O3Si. The molecule has 0 unspecified atom stereocenters. The van der Waals surface area contributed by atoms with Crippen LogP contribution in [0, 0.1) is 11.6 Å². The minimum atomic E-state index is -1.24. The van der Waals surface area contributed by atoms with E-state index in [0.717, 1.165) is 28.2 Å². The third-order valence-electron chi connectivity index (χ3n) is 5.76. The molecule has 2 aromatic carbocycles. The summed E-state index contributed by atoms with van der Waals surface area (Å²) in [5.41, 5.74) is 0.496. The molecule has 0 saturated carbocycles. The van der Waals surface area contributed by atoms with E-state index in [-0.39, 0.29) is 18.8 Å². The van der Waals surface area contributed by atoms with Gasteiger partial charge in [0.2, 0.25) is 0 Å². The quantitative estimate of drug-likeness (QED) is 0.196. The number of ether oxygens (including phenoxy) is 1. The number of aromatic nitrogens is 3. The van der Waals surface area contributed by atoms with Crippen LogP contribution in [-0.2, 0) is 18.0 Å². The van der Waals surface area contributed by atoms with Crippen molar-refractivity contribution in [3.63, 3.8) is 0 Å². The fourth-order valence-corrected chi connectivity index (χ4v) is 4.83. The van der Waals surface area contributed by atoms with Gasteiger partial charge in [-0.05, 0) is 54.1 Å². The molecule has 0 aliphatic carbocycles. The summed E-state index contributed by atoms with van der Waals surface area (Å²) in [6, 6.07) is 13.0. The highest BCUT2D eigenvalue weighted by molar-refractivity contribution is 9.10. The highest BCUT2D eigenvalue weighted by atomic mass is 79.9. The van der Waals surface area contributed by atoms with E-state index in [1.165, 1.54) is 22.9 Å². The van der Waals surface area contributed by atoms with Gasteiger partial charge in [0.05, 0.1) is 12.1 Å². The van der Waals surface area contributed by atoms with Crippen LogP contribution in [0.4, 0.5) is 14.6 Å². The fourth-order valence-electron chi connectivity index (χ4n) is 3.72. The van der Waals surface area contributed by atoms with Crippen molar-refractivity contribution in [1.82, 2.24) is 14.3 Å². The SMILES string of the molecule is C[Si](C)(C)CCOCn1nc(NC(=O)c2cccn(Cc3ccc(F)c(F)c3)c2=O)c2cc(Br)ccc21. The molecule has 11 heteroatoms. The van der Waals surface area contributed by atoms with E-state index >= 15 is 0 Å².